The predicted octanol–water partition coefficient (Wildman–Crippen LogP) is 2.70. The predicted molar refractivity (Wildman–Crippen MR) is 64.3 cm³/mol. The summed E-state index contributed by atoms with van der Waals surface area (Å²) in [7, 11) is 0. The molecular weight excluding hydrogens is 254 g/mol. The second-order valence-corrected chi connectivity index (χ2v) is 5.40. The number of halogens is 1. The second-order valence-electron chi connectivity index (χ2n) is 4.60. The summed E-state index contributed by atoms with van der Waals surface area (Å²) in [5.74, 6) is 1.65. The Morgan fingerprint density at radius 2 is 2.00 bits per heavy atom. The second kappa shape index (κ2) is 3.14. The first-order valence-electron chi connectivity index (χ1n) is 5.42. The van der Waals surface area contributed by atoms with E-state index in [1.165, 1.54) is 21.2 Å². The van der Waals surface area contributed by atoms with Crippen molar-refractivity contribution in [2.45, 2.75) is 26.2 Å². The zero-order chi connectivity index (χ0) is 10.6. The standard InChI is InChI=1S/C12H14BrNO/c1-6-4-8-9(5-6)11(14)12-7(10(8)13)2-3-15-12/h6H,2-5,14H2,1H3/t6-/m1/s1. The van der Waals surface area contributed by atoms with Gasteiger partial charge in [0.05, 0.1) is 12.3 Å². The number of hydrogen-bond acceptors (Lipinski definition) is 2. The van der Waals surface area contributed by atoms with Gasteiger partial charge in [0.25, 0.3) is 0 Å². The van der Waals surface area contributed by atoms with Crippen molar-refractivity contribution in [1.29, 1.82) is 0 Å². The van der Waals surface area contributed by atoms with Gasteiger partial charge < -0.3 is 10.5 Å². The molecule has 1 aromatic carbocycles. The van der Waals surface area contributed by atoms with Gasteiger partial charge in [-0.25, -0.2) is 0 Å². The highest BCUT2D eigenvalue weighted by Gasteiger charge is 2.30. The van der Waals surface area contributed by atoms with Crippen molar-refractivity contribution in [2.75, 3.05) is 12.3 Å². The first-order valence-corrected chi connectivity index (χ1v) is 6.22. The summed E-state index contributed by atoms with van der Waals surface area (Å²) in [5.41, 5.74) is 11.1. The highest BCUT2D eigenvalue weighted by Crippen LogP contribution is 2.46. The minimum atomic E-state index is 0.709. The Morgan fingerprint density at radius 3 is 2.80 bits per heavy atom. The number of nitrogens with two attached hydrogens (primary N) is 1. The van der Waals surface area contributed by atoms with E-state index in [4.69, 9.17) is 10.5 Å². The molecule has 0 spiro atoms. The number of fused-ring (bicyclic) bond motifs is 2. The normalized spacial score (nSPS) is 22.4. The van der Waals surface area contributed by atoms with Crippen LogP contribution in [-0.4, -0.2) is 6.61 Å². The molecule has 0 saturated carbocycles. The maximum absolute atomic E-state index is 6.17. The molecule has 0 amide bonds. The topological polar surface area (TPSA) is 35.2 Å². The molecule has 3 rings (SSSR count). The Bertz CT molecular complexity index is 403. The van der Waals surface area contributed by atoms with Crippen LogP contribution < -0.4 is 10.5 Å². The molecule has 3 heteroatoms. The van der Waals surface area contributed by atoms with Crippen molar-refractivity contribution in [3.05, 3.63) is 21.2 Å². The molecule has 2 aliphatic rings. The van der Waals surface area contributed by atoms with Gasteiger partial charge in [-0.15, -0.1) is 0 Å². The SMILES string of the molecule is C[C@H]1Cc2c(N)c3c(c(Br)c2C1)CCO3. The van der Waals surface area contributed by atoms with Crippen LogP contribution in [0.25, 0.3) is 0 Å². The van der Waals surface area contributed by atoms with Crippen LogP contribution in [0.5, 0.6) is 5.75 Å². The average Bonchev–Trinajstić information content (AvgIpc) is 2.79. The van der Waals surface area contributed by atoms with Gasteiger partial charge in [-0.3, -0.25) is 0 Å². The monoisotopic (exact) mass is 267 g/mol. The zero-order valence-corrected chi connectivity index (χ0v) is 10.4. The van der Waals surface area contributed by atoms with Gasteiger partial charge in [0.1, 0.15) is 5.75 Å². The minimum Gasteiger partial charge on any atom is -0.491 e. The number of ether oxygens (including phenoxy) is 1. The summed E-state index contributed by atoms with van der Waals surface area (Å²) in [4.78, 5) is 0. The van der Waals surface area contributed by atoms with Crippen molar-refractivity contribution in [1.82, 2.24) is 0 Å². The van der Waals surface area contributed by atoms with E-state index in [-0.39, 0.29) is 0 Å². The van der Waals surface area contributed by atoms with Gasteiger partial charge in [0.2, 0.25) is 0 Å². The highest BCUT2D eigenvalue weighted by atomic mass is 79.9. The third-order valence-corrected chi connectivity index (χ3v) is 4.40. The van der Waals surface area contributed by atoms with E-state index < -0.39 is 0 Å². The van der Waals surface area contributed by atoms with Crippen molar-refractivity contribution >= 4 is 21.6 Å². The molecule has 2 N–H and O–H groups in total. The quantitative estimate of drug-likeness (QED) is 0.734. The number of hydrogen-bond donors (Lipinski definition) is 1. The van der Waals surface area contributed by atoms with Crippen LogP contribution in [0.3, 0.4) is 0 Å². The summed E-state index contributed by atoms with van der Waals surface area (Å²) in [6.07, 6.45) is 3.23. The lowest BCUT2D eigenvalue weighted by Gasteiger charge is -2.12. The molecule has 1 atom stereocenters. The average molecular weight is 268 g/mol. The van der Waals surface area contributed by atoms with Crippen LogP contribution >= 0.6 is 15.9 Å². The maximum Gasteiger partial charge on any atom is 0.146 e. The van der Waals surface area contributed by atoms with Crippen LogP contribution in [-0.2, 0) is 19.3 Å². The van der Waals surface area contributed by atoms with E-state index in [0.717, 1.165) is 37.3 Å². The molecule has 0 bridgehead atoms. The number of nitrogen functional groups attached to an aromatic ring is 1. The Labute approximate surface area is 97.9 Å². The minimum absolute atomic E-state index is 0.709. The zero-order valence-electron chi connectivity index (χ0n) is 8.77. The van der Waals surface area contributed by atoms with E-state index >= 15 is 0 Å². The molecule has 1 heterocycles. The molecule has 0 aromatic heterocycles. The molecule has 0 fully saturated rings. The van der Waals surface area contributed by atoms with Gasteiger partial charge in [0.15, 0.2) is 0 Å². The molecular formula is C12H14BrNO. The number of benzene rings is 1. The van der Waals surface area contributed by atoms with E-state index in [1.807, 2.05) is 0 Å². The molecule has 0 radical (unpaired) electrons. The summed E-state index contributed by atoms with van der Waals surface area (Å²) in [6, 6.07) is 0. The molecule has 1 aromatic rings. The van der Waals surface area contributed by atoms with Crippen molar-refractivity contribution in [2.24, 2.45) is 5.92 Å². The largest absolute Gasteiger partial charge is 0.491 e. The Morgan fingerprint density at radius 1 is 1.27 bits per heavy atom. The summed E-state index contributed by atoms with van der Waals surface area (Å²) < 4.78 is 6.87. The highest BCUT2D eigenvalue weighted by molar-refractivity contribution is 9.10. The molecule has 1 aliphatic carbocycles. The van der Waals surface area contributed by atoms with Crippen molar-refractivity contribution in [3.8, 4) is 5.75 Å². The van der Waals surface area contributed by atoms with Gasteiger partial charge in [0, 0.05) is 16.5 Å². The third-order valence-electron chi connectivity index (χ3n) is 3.44. The van der Waals surface area contributed by atoms with Crippen molar-refractivity contribution < 1.29 is 4.74 Å². The molecule has 15 heavy (non-hydrogen) atoms. The van der Waals surface area contributed by atoms with Crippen LogP contribution in [0.15, 0.2) is 4.47 Å². The van der Waals surface area contributed by atoms with Crippen LogP contribution in [0.4, 0.5) is 5.69 Å². The van der Waals surface area contributed by atoms with E-state index in [1.54, 1.807) is 0 Å². The van der Waals surface area contributed by atoms with Crippen LogP contribution in [0, 0.1) is 5.92 Å². The molecule has 0 unspecified atom stereocenters. The van der Waals surface area contributed by atoms with Crippen LogP contribution in [0.1, 0.15) is 23.6 Å². The van der Waals surface area contributed by atoms with E-state index in [0.29, 0.717) is 5.92 Å². The lowest BCUT2D eigenvalue weighted by Crippen LogP contribution is -1.99. The first kappa shape index (κ1) is 9.52. The first-order chi connectivity index (χ1) is 7.18. The van der Waals surface area contributed by atoms with E-state index in [2.05, 4.69) is 22.9 Å². The summed E-state index contributed by atoms with van der Waals surface area (Å²) >= 11 is 3.71. The Balaban J connectivity index is 2.27. The summed E-state index contributed by atoms with van der Waals surface area (Å²) in [6.45, 7) is 3.05. The van der Waals surface area contributed by atoms with Crippen molar-refractivity contribution in [3.63, 3.8) is 0 Å². The smallest absolute Gasteiger partial charge is 0.146 e. The third kappa shape index (κ3) is 1.22. The molecule has 1 aliphatic heterocycles. The van der Waals surface area contributed by atoms with Crippen LogP contribution in [0.2, 0.25) is 0 Å². The molecule has 80 valence electrons. The molecule has 0 saturated heterocycles. The summed E-state index contributed by atoms with van der Waals surface area (Å²) in [5, 5.41) is 0. The number of rotatable bonds is 0. The molecule has 2 nitrogen and oxygen atoms in total. The van der Waals surface area contributed by atoms with Gasteiger partial charge in [-0.2, -0.15) is 0 Å². The lowest BCUT2D eigenvalue weighted by molar-refractivity contribution is 0.358. The Hall–Kier alpha value is -0.700. The Kier molecular flexibility index (Phi) is 2.00. The fourth-order valence-corrected chi connectivity index (χ4v) is 3.51. The maximum atomic E-state index is 6.17. The van der Waals surface area contributed by atoms with Gasteiger partial charge in [-0.05, 0) is 29.9 Å². The van der Waals surface area contributed by atoms with Gasteiger partial charge in [-0.1, -0.05) is 22.9 Å². The van der Waals surface area contributed by atoms with E-state index in [9.17, 15) is 0 Å². The fourth-order valence-electron chi connectivity index (χ4n) is 2.73. The lowest BCUT2D eigenvalue weighted by atomic mass is 10.0. The number of anilines is 1. The fraction of sp³-hybridized carbons (Fsp3) is 0.500. The van der Waals surface area contributed by atoms with Gasteiger partial charge >= 0.3 is 0 Å².